The second-order valence-electron chi connectivity index (χ2n) is 29.0. The molecule has 0 heterocycles. The molecule has 0 amide bonds. The van der Waals surface area contributed by atoms with Crippen LogP contribution in [0.15, 0.2) is 97.2 Å². The first-order chi connectivity index (χ1) is 47.6. The van der Waals surface area contributed by atoms with E-state index in [9.17, 15) is 19.5 Å². The van der Waals surface area contributed by atoms with Gasteiger partial charge in [-0.2, -0.15) is 0 Å². The Balaban J connectivity index is 3.96. The number of hydrogen-bond donors (Lipinski definition) is 0. The van der Waals surface area contributed by atoms with Gasteiger partial charge in [0.1, 0.15) is 13.2 Å². The van der Waals surface area contributed by atoms with Gasteiger partial charge in [0.2, 0.25) is 0 Å². The number of esters is 2. The molecule has 0 aliphatic rings. The summed E-state index contributed by atoms with van der Waals surface area (Å²) < 4.78 is 22.9. The number of nitrogens with zero attached hydrogens (tertiary/aromatic N) is 1. The number of likely N-dealkylation sites (N-methyl/N-ethyl adjacent to an activating group) is 1. The standard InChI is InChI=1S/C88H157NO8/c1-6-8-10-12-14-16-18-20-22-24-26-28-30-32-34-36-38-39-40-41-42-43-44-45-46-47-49-50-52-54-56-58-60-62-64-66-68-70-72-74-76-78-85(90)95-82-84(83-96-88(87(92)93)94-81-80-89(3,4)5)97-86(91)79-77-75-73-71-69-67-65-63-61-59-57-55-53-51-48-37-35-33-31-29-27-25-23-21-19-17-15-13-11-9-7-2/h9,11,15,17-18,20-21,23-24,26-27,29-30,32-33,35,84,88H,6-8,10,12-14,16,19,22,25,28,31,34,36-83H2,1-5H3/b11-9-,17-15-,20-18-,23-21-,26-24-,29-27-,32-30-,35-33-. The molecular weight excluding hydrogens is 1200 g/mol. The summed E-state index contributed by atoms with van der Waals surface area (Å²) in [4.78, 5) is 37.6. The molecule has 0 aliphatic heterocycles. The fraction of sp³-hybridized carbons (Fsp3) is 0.784. The zero-order valence-electron chi connectivity index (χ0n) is 64.4. The van der Waals surface area contributed by atoms with Crippen molar-refractivity contribution in [2.24, 2.45) is 0 Å². The minimum absolute atomic E-state index is 0.147. The average Bonchev–Trinajstić information content (AvgIpc) is 2.39. The fourth-order valence-electron chi connectivity index (χ4n) is 12.0. The number of aliphatic carboxylic acids is 1. The van der Waals surface area contributed by atoms with E-state index < -0.39 is 24.3 Å². The van der Waals surface area contributed by atoms with Gasteiger partial charge in [0.15, 0.2) is 12.4 Å². The van der Waals surface area contributed by atoms with Crippen LogP contribution in [0.3, 0.4) is 0 Å². The molecule has 9 heteroatoms. The molecule has 0 saturated carbocycles. The normalized spacial score (nSPS) is 13.1. The number of allylic oxidation sites excluding steroid dienone is 16. The van der Waals surface area contributed by atoms with Crippen LogP contribution in [0, 0.1) is 0 Å². The maximum atomic E-state index is 13.0. The van der Waals surface area contributed by atoms with Crippen molar-refractivity contribution in [3.05, 3.63) is 97.2 Å². The summed E-state index contributed by atoms with van der Waals surface area (Å²) in [5, 5.41) is 11.9. The van der Waals surface area contributed by atoms with E-state index in [4.69, 9.17) is 18.9 Å². The first kappa shape index (κ1) is 93.2. The topological polar surface area (TPSA) is 111 Å². The number of hydrogen-bond acceptors (Lipinski definition) is 8. The van der Waals surface area contributed by atoms with Crippen molar-refractivity contribution in [1.82, 2.24) is 0 Å². The van der Waals surface area contributed by atoms with E-state index >= 15 is 0 Å². The van der Waals surface area contributed by atoms with Gasteiger partial charge in [0.25, 0.3) is 0 Å². The Labute approximate surface area is 601 Å². The first-order valence-electron chi connectivity index (χ1n) is 41.4. The van der Waals surface area contributed by atoms with Crippen molar-refractivity contribution in [3.63, 3.8) is 0 Å². The van der Waals surface area contributed by atoms with Gasteiger partial charge in [-0.25, -0.2) is 0 Å². The van der Waals surface area contributed by atoms with E-state index in [1.807, 2.05) is 21.1 Å². The minimum Gasteiger partial charge on any atom is -0.545 e. The number of quaternary nitrogens is 1. The van der Waals surface area contributed by atoms with Gasteiger partial charge >= 0.3 is 11.9 Å². The van der Waals surface area contributed by atoms with Crippen molar-refractivity contribution in [3.8, 4) is 0 Å². The van der Waals surface area contributed by atoms with Crippen molar-refractivity contribution in [1.29, 1.82) is 0 Å². The average molecular weight is 1360 g/mol. The van der Waals surface area contributed by atoms with Gasteiger partial charge in [-0.1, -0.05) is 374 Å². The summed E-state index contributed by atoms with van der Waals surface area (Å²) in [5.41, 5.74) is 0. The Morgan fingerprint density at radius 2 is 0.588 bits per heavy atom. The highest BCUT2D eigenvalue weighted by Crippen LogP contribution is 2.19. The predicted molar refractivity (Wildman–Crippen MR) is 417 cm³/mol. The molecule has 97 heavy (non-hydrogen) atoms. The molecule has 0 aromatic rings. The summed E-state index contributed by atoms with van der Waals surface area (Å²) >= 11 is 0. The summed E-state index contributed by atoms with van der Waals surface area (Å²) in [5.74, 6) is -2.26. The van der Waals surface area contributed by atoms with Gasteiger partial charge in [-0.05, 0) is 96.3 Å². The largest absolute Gasteiger partial charge is 0.545 e. The van der Waals surface area contributed by atoms with Gasteiger partial charge in [-0.15, -0.1) is 0 Å². The van der Waals surface area contributed by atoms with E-state index in [0.29, 0.717) is 23.9 Å². The Hall–Kier alpha value is -3.79. The monoisotopic (exact) mass is 1360 g/mol. The molecule has 0 radical (unpaired) electrons. The highest BCUT2D eigenvalue weighted by molar-refractivity contribution is 5.70. The SMILES string of the molecule is CC/C=C\C/C=C\C/C=C\C/C=C\C/C=C\CCCCCCCCCCCCCCCCCC(=O)OC(COC(=O)CCCCCCCCCCCCCCCCCCCCCCCCCCCC/C=C\C/C=C\C/C=C\CCCCCCC)COC(OCC[N+](C)(C)C)C(=O)[O-]. The molecule has 0 aliphatic carbocycles. The first-order valence-corrected chi connectivity index (χ1v) is 41.4. The molecule has 0 aromatic carbocycles. The lowest BCUT2D eigenvalue weighted by atomic mass is 10.0. The lowest BCUT2D eigenvalue weighted by Crippen LogP contribution is -2.44. The Kier molecular flexibility index (Phi) is 74.9. The maximum Gasteiger partial charge on any atom is 0.306 e. The second kappa shape index (κ2) is 77.9. The molecule has 562 valence electrons. The van der Waals surface area contributed by atoms with Gasteiger partial charge in [-0.3, -0.25) is 9.59 Å². The smallest absolute Gasteiger partial charge is 0.306 e. The van der Waals surface area contributed by atoms with Crippen LogP contribution in [0.1, 0.15) is 386 Å². The molecule has 2 atom stereocenters. The molecule has 0 bridgehead atoms. The van der Waals surface area contributed by atoms with Crippen molar-refractivity contribution >= 4 is 17.9 Å². The number of carbonyl (C=O) groups excluding carboxylic acids is 3. The number of rotatable bonds is 77. The zero-order valence-corrected chi connectivity index (χ0v) is 64.4. The van der Waals surface area contributed by atoms with Crippen LogP contribution in [0.2, 0.25) is 0 Å². The fourth-order valence-corrected chi connectivity index (χ4v) is 12.0. The second-order valence-corrected chi connectivity index (χ2v) is 29.0. The molecule has 9 nitrogen and oxygen atoms in total. The minimum atomic E-state index is -1.62. The van der Waals surface area contributed by atoms with Crippen molar-refractivity contribution < 1.29 is 42.9 Å². The number of carbonyl (C=O) groups is 3. The van der Waals surface area contributed by atoms with Crippen molar-refractivity contribution in [2.75, 3.05) is 47.5 Å². The zero-order chi connectivity index (χ0) is 70.4. The number of ether oxygens (including phenoxy) is 4. The van der Waals surface area contributed by atoms with Crippen LogP contribution in [0.25, 0.3) is 0 Å². The van der Waals surface area contributed by atoms with E-state index in [0.717, 1.165) is 83.5 Å². The molecule has 0 saturated heterocycles. The summed E-state index contributed by atoms with van der Waals surface area (Å²) in [6.07, 6.45) is 105. The van der Waals surface area contributed by atoms with E-state index in [1.165, 1.54) is 270 Å². The third kappa shape index (κ3) is 79.4. The predicted octanol–water partition coefficient (Wildman–Crippen LogP) is 25.4. The van der Waals surface area contributed by atoms with Crippen LogP contribution >= 0.6 is 0 Å². The molecule has 2 unspecified atom stereocenters. The summed E-state index contributed by atoms with van der Waals surface area (Å²) in [6, 6.07) is 0. The highest BCUT2D eigenvalue weighted by atomic mass is 16.7. The Morgan fingerprint density at radius 1 is 0.320 bits per heavy atom. The number of carboxylic acids is 1. The summed E-state index contributed by atoms with van der Waals surface area (Å²) in [7, 11) is 5.95. The van der Waals surface area contributed by atoms with Crippen LogP contribution in [0.5, 0.6) is 0 Å². The lowest BCUT2D eigenvalue weighted by Gasteiger charge is -2.26. The third-order valence-corrected chi connectivity index (χ3v) is 18.3. The molecule has 0 N–H and O–H groups in total. The third-order valence-electron chi connectivity index (χ3n) is 18.3. The number of carboxylic acid groups (broad SMARTS) is 1. The van der Waals surface area contributed by atoms with Crippen LogP contribution in [-0.4, -0.2) is 82.3 Å². The highest BCUT2D eigenvalue weighted by Gasteiger charge is 2.22. The Morgan fingerprint density at radius 3 is 0.876 bits per heavy atom. The molecule has 0 fully saturated rings. The van der Waals surface area contributed by atoms with Crippen LogP contribution < -0.4 is 5.11 Å². The Bertz CT molecular complexity index is 1920. The van der Waals surface area contributed by atoms with E-state index in [2.05, 4.69) is 111 Å². The van der Waals surface area contributed by atoms with Gasteiger partial charge in [0.05, 0.1) is 40.3 Å². The summed E-state index contributed by atoms with van der Waals surface area (Å²) in [6.45, 7) is 4.67. The van der Waals surface area contributed by atoms with Gasteiger partial charge < -0.3 is 33.3 Å². The quantitative estimate of drug-likeness (QED) is 0.0195. The molecule has 0 rings (SSSR count). The van der Waals surface area contributed by atoms with Crippen molar-refractivity contribution in [2.45, 2.75) is 399 Å². The van der Waals surface area contributed by atoms with Gasteiger partial charge in [0, 0.05) is 12.8 Å². The lowest BCUT2D eigenvalue weighted by molar-refractivity contribution is -0.870. The van der Waals surface area contributed by atoms with Crippen LogP contribution in [0.4, 0.5) is 0 Å². The molecular formula is C88H157NO8. The molecule has 0 aromatic heterocycles. The van der Waals surface area contributed by atoms with E-state index in [1.54, 1.807) is 0 Å². The maximum absolute atomic E-state index is 13.0. The number of unbranched alkanes of at least 4 members (excludes halogenated alkanes) is 46. The molecule has 0 spiro atoms. The van der Waals surface area contributed by atoms with E-state index in [-0.39, 0.29) is 32.2 Å². The van der Waals surface area contributed by atoms with Crippen LogP contribution in [-0.2, 0) is 33.3 Å².